The van der Waals surface area contributed by atoms with Crippen LogP contribution in [-0.2, 0) is 6.42 Å². The Balaban J connectivity index is 1.23. The third kappa shape index (κ3) is 3.56. The van der Waals surface area contributed by atoms with Crippen LogP contribution >= 0.6 is 10.5 Å². The second-order valence-electron chi connectivity index (χ2n) is 7.46. The van der Waals surface area contributed by atoms with Gasteiger partial charge in [-0.3, -0.25) is 4.98 Å². The summed E-state index contributed by atoms with van der Waals surface area (Å²) in [6, 6.07) is 16.7. The molecular weight excluding hydrogens is 390 g/mol. The maximum absolute atomic E-state index is 6.42. The van der Waals surface area contributed by atoms with Crippen molar-refractivity contribution in [2.75, 3.05) is 6.54 Å². The van der Waals surface area contributed by atoms with E-state index in [4.69, 9.17) is 5.73 Å². The van der Waals surface area contributed by atoms with Gasteiger partial charge in [-0.25, -0.2) is 4.99 Å². The summed E-state index contributed by atoms with van der Waals surface area (Å²) in [5, 5.41) is 7.86. The van der Waals surface area contributed by atoms with Crippen LogP contribution in [0.2, 0.25) is 0 Å². The Bertz CT molecular complexity index is 1320. The second-order valence-corrected chi connectivity index (χ2v) is 9.07. The molecule has 2 aromatic carbocycles. The highest BCUT2D eigenvalue weighted by Crippen LogP contribution is 2.38. The number of nitrogens with zero attached hydrogens (tertiary/aromatic N) is 2. The Hall–Kier alpha value is -3.22. The average Bonchev–Trinajstić information content (AvgIpc) is 3.35. The van der Waals surface area contributed by atoms with Crippen molar-refractivity contribution in [2.24, 2.45) is 10.7 Å². The number of hydrogen-bond acceptors (Lipinski definition) is 4. The van der Waals surface area contributed by atoms with Gasteiger partial charge >= 0.3 is 0 Å². The molecule has 150 valence electrons. The Morgan fingerprint density at radius 1 is 1.13 bits per heavy atom. The molecule has 0 aliphatic carbocycles. The number of benzene rings is 2. The van der Waals surface area contributed by atoms with Crippen molar-refractivity contribution in [1.82, 2.24) is 15.3 Å². The Morgan fingerprint density at radius 2 is 2.03 bits per heavy atom. The van der Waals surface area contributed by atoms with Gasteiger partial charge < -0.3 is 16.0 Å². The first kappa shape index (κ1) is 18.8. The SMILES string of the molecule is C=S1C(c2ccc3cnccc3c2)=CN=C1NC[C@@H](N)Cc1c[nH]c2ccccc12. The number of para-hydroxylation sites is 1. The van der Waals surface area contributed by atoms with Gasteiger partial charge in [-0.15, -0.1) is 0 Å². The van der Waals surface area contributed by atoms with Gasteiger partial charge in [0, 0.05) is 58.6 Å². The van der Waals surface area contributed by atoms with Crippen molar-refractivity contribution in [3.8, 4) is 0 Å². The highest BCUT2D eigenvalue weighted by molar-refractivity contribution is 8.34. The standard InChI is InChI=1S/C24H23N5S/c1-30-23(17-6-7-18-12-26-9-8-16(18)10-17)15-29-24(30)28-14-20(25)11-19-13-27-22-5-3-2-4-21(19)22/h2-10,12-13,15,20,27H,1,11,14,25H2,(H,28,29)/t20-,30?/m0/s1. The van der Waals surface area contributed by atoms with E-state index >= 15 is 0 Å². The Labute approximate surface area is 177 Å². The molecule has 1 aliphatic heterocycles. The van der Waals surface area contributed by atoms with E-state index in [2.05, 4.69) is 68.7 Å². The second kappa shape index (κ2) is 7.89. The lowest BCUT2D eigenvalue weighted by Gasteiger charge is -2.15. The molecule has 30 heavy (non-hydrogen) atoms. The number of pyridine rings is 1. The van der Waals surface area contributed by atoms with Gasteiger partial charge in [-0.1, -0.05) is 46.7 Å². The van der Waals surface area contributed by atoms with Crippen molar-refractivity contribution in [3.63, 3.8) is 0 Å². The van der Waals surface area contributed by atoms with Crippen molar-refractivity contribution in [2.45, 2.75) is 12.5 Å². The highest BCUT2D eigenvalue weighted by atomic mass is 32.2. The van der Waals surface area contributed by atoms with Crippen LogP contribution in [0.4, 0.5) is 0 Å². The summed E-state index contributed by atoms with van der Waals surface area (Å²) in [4.78, 5) is 13.2. The van der Waals surface area contributed by atoms with E-state index < -0.39 is 0 Å². The fraction of sp³-hybridized carbons (Fsp3) is 0.125. The number of aromatic nitrogens is 2. The number of rotatable bonds is 5. The van der Waals surface area contributed by atoms with Crippen molar-refractivity contribution < 1.29 is 0 Å². The van der Waals surface area contributed by atoms with E-state index in [1.165, 1.54) is 16.3 Å². The van der Waals surface area contributed by atoms with E-state index in [0.717, 1.165) is 33.0 Å². The molecule has 4 N–H and O–H groups in total. The van der Waals surface area contributed by atoms with Gasteiger partial charge in [0.2, 0.25) is 0 Å². The highest BCUT2D eigenvalue weighted by Gasteiger charge is 2.17. The zero-order chi connectivity index (χ0) is 20.5. The fourth-order valence-electron chi connectivity index (χ4n) is 3.81. The summed E-state index contributed by atoms with van der Waals surface area (Å²) >= 11 is 0. The van der Waals surface area contributed by atoms with Gasteiger partial charge in [0.25, 0.3) is 0 Å². The lowest BCUT2D eigenvalue weighted by atomic mass is 10.1. The quantitative estimate of drug-likeness (QED) is 0.428. The van der Waals surface area contributed by atoms with Crippen LogP contribution < -0.4 is 11.1 Å². The van der Waals surface area contributed by atoms with Gasteiger partial charge in [-0.2, -0.15) is 0 Å². The third-order valence-corrected chi connectivity index (χ3v) is 6.98. The minimum atomic E-state index is -0.347. The van der Waals surface area contributed by atoms with Gasteiger partial charge in [0.15, 0.2) is 5.17 Å². The first-order valence-electron chi connectivity index (χ1n) is 9.89. The smallest absolute Gasteiger partial charge is 0.159 e. The summed E-state index contributed by atoms with van der Waals surface area (Å²) in [6.45, 7) is 0.655. The number of nitrogens with one attached hydrogen (secondary N) is 2. The number of amidine groups is 1. The summed E-state index contributed by atoms with van der Waals surface area (Å²) in [6.07, 6.45) is 8.47. The summed E-state index contributed by atoms with van der Waals surface area (Å²) in [5.74, 6) is 4.36. The predicted molar refractivity (Wildman–Crippen MR) is 130 cm³/mol. The average molecular weight is 414 g/mol. The first-order valence-corrected chi connectivity index (χ1v) is 11.3. The molecule has 1 unspecified atom stereocenters. The molecule has 5 nitrogen and oxygen atoms in total. The monoisotopic (exact) mass is 413 g/mol. The number of aromatic amines is 1. The zero-order valence-electron chi connectivity index (χ0n) is 16.5. The molecule has 0 amide bonds. The molecule has 4 aromatic rings. The molecule has 0 radical (unpaired) electrons. The largest absolute Gasteiger partial charge is 0.363 e. The van der Waals surface area contributed by atoms with Crippen LogP contribution in [0.1, 0.15) is 11.1 Å². The van der Waals surface area contributed by atoms with Gasteiger partial charge in [-0.05, 0) is 41.1 Å². The number of fused-ring (bicyclic) bond motifs is 2. The van der Waals surface area contributed by atoms with E-state index in [0.29, 0.717) is 6.54 Å². The lowest BCUT2D eigenvalue weighted by Crippen LogP contribution is -2.37. The molecule has 2 atom stereocenters. The third-order valence-electron chi connectivity index (χ3n) is 5.40. The van der Waals surface area contributed by atoms with E-state index in [1.54, 1.807) is 0 Å². The minimum absolute atomic E-state index is 0.0128. The molecule has 1 aliphatic rings. The number of nitrogens with two attached hydrogens (primary N) is 1. The maximum Gasteiger partial charge on any atom is 0.159 e. The molecular formula is C24H23N5S. The fourth-order valence-corrected chi connectivity index (χ4v) is 5.05. The first-order chi connectivity index (χ1) is 14.7. The van der Waals surface area contributed by atoms with E-state index in [1.807, 2.05) is 30.7 Å². The Kier molecular flexibility index (Phi) is 4.94. The van der Waals surface area contributed by atoms with E-state index in [9.17, 15) is 0 Å². The molecule has 6 heteroatoms. The lowest BCUT2D eigenvalue weighted by molar-refractivity contribution is 0.648. The van der Waals surface area contributed by atoms with Gasteiger partial charge in [0.1, 0.15) is 0 Å². The Morgan fingerprint density at radius 3 is 2.97 bits per heavy atom. The van der Waals surface area contributed by atoms with Crippen LogP contribution in [0.25, 0.3) is 26.6 Å². The summed E-state index contributed by atoms with van der Waals surface area (Å²) in [7, 11) is -0.347. The predicted octanol–water partition coefficient (Wildman–Crippen LogP) is 4.24. The molecule has 0 spiro atoms. The summed E-state index contributed by atoms with van der Waals surface area (Å²) in [5.41, 5.74) is 9.95. The molecule has 3 heterocycles. The molecule has 0 fully saturated rings. The van der Waals surface area contributed by atoms with Crippen LogP contribution in [-0.4, -0.2) is 33.6 Å². The van der Waals surface area contributed by atoms with Crippen LogP contribution in [0.3, 0.4) is 0 Å². The van der Waals surface area contributed by atoms with Crippen LogP contribution in [0.15, 0.2) is 78.3 Å². The number of hydrogen-bond donors (Lipinski definition) is 3. The van der Waals surface area contributed by atoms with Crippen LogP contribution in [0, 0.1) is 0 Å². The summed E-state index contributed by atoms with van der Waals surface area (Å²) < 4.78 is 0. The van der Waals surface area contributed by atoms with E-state index in [-0.39, 0.29) is 16.5 Å². The molecule has 0 bridgehead atoms. The number of aliphatic imine (C=N–C) groups is 1. The molecule has 0 saturated heterocycles. The molecule has 5 rings (SSSR count). The zero-order valence-corrected chi connectivity index (χ0v) is 17.3. The van der Waals surface area contributed by atoms with Gasteiger partial charge in [0.05, 0.1) is 0 Å². The normalized spacial score (nSPS) is 17.2. The van der Waals surface area contributed by atoms with Crippen LogP contribution in [0.5, 0.6) is 0 Å². The van der Waals surface area contributed by atoms with Crippen molar-refractivity contribution in [1.29, 1.82) is 0 Å². The van der Waals surface area contributed by atoms with Crippen molar-refractivity contribution >= 4 is 48.1 Å². The molecule has 2 aromatic heterocycles. The minimum Gasteiger partial charge on any atom is -0.363 e. The topological polar surface area (TPSA) is 79.1 Å². The maximum atomic E-state index is 6.42. The molecule has 0 saturated carbocycles. The van der Waals surface area contributed by atoms with Crippen molar-refractivity contribution in [3.05, 3.63) is 84.4 Å². The number of H-pyrrole nitrogens is 1.